The molecule has 35 heavy (non-hydrogen) atoms. The molecule has 186 valence electrons. The molecule has 3 N–H and O–H groups in total. The van der Waals surface area contributed by atoms with Crippen LogP contribution < -0.4 is 10.8 Å². The minimum atomic E-state index is -1.44. The van der Waals surface area contributed by atoms with Crippen molar-refractivity contribution in [1.82, 2.24) is 14.9 Å². The normalized spacial score (nSPS) is 29.3. The number of fused-ring (bicyclic) bond motifs is 5. The zero-order chi connectivity index (χ0) is 24.7. The molecule has 0 unspecified atom stereocenters. The van der Waals surface area contributed by atoms with Crippen molar-refractivity contribution in [3.05, 3.63) is 47.5 Å². The van der Waals surface area contributed by atoms with E-state index in [0.717, 1.165) is 44.2 Å². The van der Waals surface area contributed by atoms with Crippen molar-refractivity contribution < 1.29 is 19.6 Å². The van der Waals surface area contributed by atoms with Crippen LogP contribution in [0, 0.1) is 23.2 Å². The lowest BCUT2D eigenvalue weighted by atomic mass is 9.53. The van der Waals surface area contributed by atoms with Crippen molar-refractivity contribution in [1.29, 1.82) is 0 Å². The summed E-state index contributed by atoms with van der Waals surface area (Å²) in [6.07, 6.45) is 10.3. The Labute approximate surface area is 207 Å². The molecule has 0 saturated heterocycles. The van der Waals surface area contributed by atoms with Gasteiger partial charge in [-0.1, -0.05) is 25.1 Å². The number of carbonyl (C=O) groups excluding carboxylic acids is 2. The first-order valence-corrected chi connectivity index (χ1v) is 13.0. The minimum Gasteiger partial charge on any atom is -0.423 e. The molecule has 0 spiro atoms. The lowest BCUT2D eigenvalue weighted by Crippen LogP contribution is -2.44. The minimum absolute atomic E-state index is 0.0396. The molecule has 3 aliphatic carbocycles. The molecule has 3 aliphatic rings. The lowest BCUT2D eigenvalue weighted by molar-refractivity contribution is -0.129. The molecule has 1 aromatic heterocycles. The maximum atomic E-state index is 13.2. The molecule has 0 aliphatic heterocycles. The molecule has 7 nitrogen and oxygen atoms in total. The quantitative estimate of drug-likeness (QED) is 0.531. The Bertz CT molecular complexity index is 1120. The number of aryl methyl sites for hydroxylation is 2. The molecule has 0 bridgehead atoms. The van der Waals surface area contributed by atoms with E-state index in [1.165, 1.54) is 11.1 Å². The van der Waals surface area contributed by atoms with E-state index in [-0.39, 0.29) is 11.3 Å². The van der Waals surface area contributed by atoms with Gasteiger partial charge in [-0.05, 0) is 78.8 Å². The van der Waals surface area contributed by atoms with Gasteiger partial charge in [-0.25, -0.2) is 4.98 Å². The van der Waals surface area contributed by atoms with Gasteiger partial charge < -0.3 is 19.9 Å². The molecule has 1 amide bonds. The molecule has 1 aromatic carbocycles. The number of ketones is 1. The van der Waals surface area contributed by atoms with Crippen molar-refractivity contribution in [3.8, 4) is 0 Å². The molecule has 1 heterocycles. The van der Waals surface area contributed by atoms with Crippen LogP contribution in [-0.4, -0.2) is 38.4 Å². The van der Waals surface area contributed by atoms with Crippen molar-refractivity contribution in [3.63, 3.8) is 0 Å². The molecule has 8 heteroatoms. The molecule has 5 rings (SSSR count). The Morgan fingerprint density at radius 3 is 2.89 bits per heavy atom. The lowest BCUT2D eigenvalue weighted by Gasteiger charge is -2.50. The summed E-state index contributed by atoms with van der Waals surface area (Å²) in [6, 6.07) is 5.87. The highest BCUT2D eigenvalue weighted by molar-refractivity contribution is 6.58. The van der Waals surface area contributed by atoms with E-state index >= 15 is 0 Å². The van der Waals surface area contributed by atoms with Crippen LogP contribution in [0.2, 0.25) is 0 Å². The highest BCUT2D eigenvalue weighted by Crippen LogP contribution is 2.62. The van der Waals surface area contributed by atoms with Crippen LogP contribution in [0.15, 0.2) is 30.7 Å². The summed E-state index contributed by atoms with van der Waals surface area (Å²) >= 11 is 0. The smallest absolute Gasteiger partial charge is 0.423 e. The number of carbonyl (C=O) groups is 2. The number of Topliss-reactive ketones (excluding diaryl/α,β-unsaturated/α-hetero) is 1. The highest BCUT2D eigenvalue weighted by atomic mass is 16.4. The van der Waals surface area contributed by atoms with Crippen LogP contribution in [-0.2, 0) is 29.6 Å². The molecular weight excluding hydrogens is 441 g/mol. The average molecular weight is 477 g/mol. The highest BCUT2D eigenvalue weighted by Gasteiger charge is 2.58. The molecular formula is C27H36BN3O4. The number of nitrogens with zero attached hydrogens (tertiary/aromatic N) is 2. The van der Waals surface area contributed by atoms with Crippen molar-refractivity contribution in [2.45, 2.75) is 70.8 Å². The Hall–Kier alpha value is -2.45. The largest absolute Gasteiger partial charge is 0.488 e. The summed E-state index contributed by atoms with van der Waals surface area (Å²) in [6.45, 7) is 2.64. The summed E-state index contributed by atoms with van der Waals surface area (Å²) < 4.78 is 1.87. The van der Waals surface area contributed by atoms with Gasteiger partial charge in [0, 0.05) is 31.5 Å². The molecule has 2 fully saturated rings. The Kier molecular flexibility index (Phi) is 6.62. The topological polar surface area (TPSA) is 104 Å². The second kappa shape index (κ2) is 9.55. The molecule has 0 radical (unpaired) electrons. The summed E-state index contributed by atoms with van der Waals surface area (Å²) in [4.78, 5) is 29.8. The van der Waals surface area contributed by atoms with Crippen LogP contribution in [0.25, 0.3) is 0 Å². The van der Waals surface area contributed by atoms with Gasteiger partial charge in [-0.3, -0.25) is 9.59 Å². The van der Waals surface area contributed by atoms with Gasteiger partial charge in [-0.15, -0.1) is 0 Å². The first-order valence-electron chi connectivity index (χ1n) is 13.0. The zero-order valence-corrected chi connectivity index (χ0v) is 20.7. The summed E-state index contributed by atoms with van der Waals surface area (Å²) in [5.41, 5.74) is 3.72. The Morgan fingerprint density at radius 2 is 2.14 bits per heavy atom. The maximum Gasteiger partial charge on any atom is 0.488 e. The van der Waals surface area contributed by atoms with Gasteiger partial charge in [0.15, 0.2) is 0 Å². The Balaban J connectivity index is 1.24. The van der Waals surface area contributed by atoms with E-state index in [0.29, 0.717) is 54.3 Å². The zero-order valence-electron chi connectivity index (χ0n) is 20.7. The van der Waals surface area contributed by atoms with E-state index in [9.17, 15) is 19.6 Å². The summed E-state index contributed by atoms with van der Waals surface area (Å²) in [5.74, 6) is 2.05. The second-order valence-corrected chi connectivity index (χ2v) is 11.2. The van der Waals surface area contributed by atoms with Crippen LogP contribution >= 0.6 is 0 Å². The fraction of sp³-hybridized carbons (Fsp3) is 0.593. The number of amides is 1. The van der Waals surface area contributed by atoms with Crippen LogP contribution in [0.4, 0.5) is 0 Å². The predicted molar refractivity (Wildman–Crippen MR) is 134 cm³/mol. The van der Waals surface area contributed by atoms with E-state index in [4.69, 9.17) is 0 Å². The number of imidazole rings is 1. The van der Waals surface area contributed by atoms with Gasteiger partial charge in [0.05, 0.1) is 18.6 Å². The van der Waals surface area contributed by atoms with Gasteiger partial charge in [0.2, 0.25) is 5.91 Å². The van der Waals surface area contributed by atoms with Gasteiger partial charge in [-0.2, -0.15) is 0 Å². The number of aromatic nitrogens is 2. The first kappa shape index (κ1) is 24.3. The summed E-state index contributed by atoms with van der Waals surface area (Å²) in [7, 11) is 0.470. The van der Waals surface area contributed by atoms with E-state index in [1.807, 2.05) is 29.9 Å². The van der Waals surface area contributed by atoms with Crippen molar-refractivity contribution >= 4 is 24.3 Å². The number of hydrogen-bond donors (Lipinski definition) is 3. The van der Waals surface area contributed by atoms with Crippen LogP contribution in [0.5, 0.6) is 0 Å². The van der Waals surface area contributed by atoms with Crippen LogP contribution in [0.3, 0.4) is 0 Å². The SMILES string of the molecule is Cn1cnc(CNC(=O)CCC[C@H]2CC(=O)[C@@]3(C)CC[C@@H]4c5ccc(B(O)O)cc5CC[C@H]4[C@H]23)c1. The standard InChI is InChI=1S/C27H36BN3O4/c1-27-11-10-22-21-9-7-19(28(34)35)12-17(21)6-8-23(22)26(27)18(13-24(27)32)4-3-5-25(33)29-14-20-15-31(2)16-30-20/h7,9,12,15-16,18,22-23,26,34-35H,3-6,8,10-11,13-14H2,1-2H3,(H,29,33)/t18-,22+,23+,26-,27+/m0/s1. The monoisotopic (exact) mass is 477 g/mol. The third-order valence-electron chi connectivity index (χ3n) is 9.10. The average Bonchev–Trinajstić information content (AvgIpc) is 3.37. The van der Waals surface area contributed by atoms with E-state index in [1.54, 1.807) is 6.33 Å². The third-order valence-corrected chi connectivity index (χ3v) is 9.10. The van der Waals surface area contributed by atoms with Gasteiger partial charge >= 0.3 is 7.12 Å². The number of hydrogen-bond acceptors (Lipinski definition) is 5. The fourth-order valence-electron chi connectivity index (χ4n) is 7.45. The first-order chi connectivity index (χ1) is 16.8. The number of nitrogens with one attached hydrogen (secondary N) is 1. The van der Waals surface area contributed by atoms with E-state index in [2.05, 4.69) is 23.3 Å². The van der Waals surface area contributed by atoms with Gasteiger partial charge in [0.25, 0.3) is 0 Å². The molecule has 2 aromatic rings. The summed E-state index contributed by atoms with van der Waals surface area (Å²) in [5, 5.41) is 22.1. The third kappa shape index (κ3) is 4.58. The number of rotatable bonds is 7. The Morgan fingerprint density at radius 1 is 1.31 bits per heavy atom. The predicted octanol–water partition coefficient (Wildman–Crippen LogP) is 2.24. The van der Waals surface area contributed by atoms with E-state index < -0.39 is 7.12 Å². The molecule has 2 saturated carbocycles. The number of benzene rings is 1. The molecule has 5 atom stereocenters. The maximum absolute atomic E-state index is 13.2. The van der Waals surface area contributed by atoms with Crippen molar-refractivity contribution in [2.24, 2.45) is 30.2 Å². The van der Waals surface area contributed by atoms with Crippen molar-refractivity contribution in [2.75, 3.05) is 0 Å². The van der Waals surface area contributed by atoms with Crippen LogP contribution in [0.1, 0.15) is 74.6 Å². The van der Waals surface area contributed by atoms with Gasteiger partial charge in [0.1, 0.15) is 5.78 Å². The fourth-order valence-corrected chi connectivity index (χ4v) is 7.45. The second-order valence-electron chi connectivity index (χ2n) is 11.2.